The Labute approximate surface area is 159 Å². The Bertz CT molecular complexity index is 633. The highest BCUT2D eigenvalue weighted by molar-refractivity contribution is 5.27. The van der Waals surface area contributed by atoms with Crippen LogP contribution < -0.4 is 0 Å². The zero-order valence-electron chi connectivity index (χ0n) is 16.3. The van der Waals surface area contributed by atoms with Crippen molar-refractivity contribution < 1.29 is 0 Å². The molecule has 2 aliphatic heterocycles. The topological polar surface area (TPSA) is 6.48 Å². The van der Waals surface area contributed by atoms with Gasteiger partial charge in [-0.25, -0.2) is 0 Å². The van der Waals surface area contributed by atoms with Crippen LogP contribution in [0.25, 0.3) is 0 Å². The van der Waals surface area contributed by atoms with Gasteiger partial charge >= 0.3 is 0 Å². The maximum absolute atomic E-state index is 2.83. The van der Waals surface area contributed by atoms with Crippen molar-refractivity contribution in [3.8, 4) is 0 Å². The van der Waals surface area contributed by atoms with Gasteiger partial charge in [0, 0.05) is 25.2 Å². The summed E-state index contributed by atoms with van der Waals surface area (Å²) in [6, 6.07) is 12.3. The minimum atomic E-state index is 0.579. The summed E-state index contributed by atoms with van der Waals surface area (Å²) >= 11 is 0. The molecule has 1 aromatic rings. The monoisotopic (exact) mass is 350 g/mol. The van der Waals surface area contributed by atoms with Crippen molar-refractivity contribution in [2.24, 2.45) is 5.92 Å². The molecular formula is C24H34N2. The predicted octanol–water partition coefficient (Wildman–Crippen LogP) is 4.68. The molecule has 4 rings (SSSR count). The first kappa shape index (κ1) is 18.0. The molecule has 140 valence electrons. The molecule has 0 N–H and O–H groups in total. The predicted molar refractivity (Wildman–Crippen MR) is 110 cm³/mol. The summed E-state index contributed by atoms with van der Waals surface area (Å²) in [6.07, 6.45) is 15.0. The van der Waals surface area contributed by atoms with Crippen LogP contribution in [0.15, 0.2) is 54.1 Å². The summed E-state index contributed by atoms with van der Waals surface area (Å²) in [4.78, 5) is 5.57. The lowest BCUT2D eigenvalue weighted by Crippen LogP contribution is -2.46. The number of benzene rings is 1. The maximum atomic E-state index is 2.83. The molecule has 0 spiro atoms. The highest BCUT2D eigenvalue weighted by Gasteiger charge is 2.39. The van der Waals surface area contributed by atoms with E-state index in [1.54, 1.807) is 5.57 Å². The highest BCUT2D eigenvalue weighted by Crippen LogP contribution is 2.35. The zero-order valence-corrected chi connectivity index (χ0v) is 16.3. The van der Waals surface area contributed by atoms with Crippen LogP contribution in [0.4, 0.5) is 0 Å². The van der Waals surface area contributed by atoms with Crippen LogP contribution in [0, 0.1) is 5.92 Å². The Kier molecular flexibility index (Phi) is 5.91. The third-order valence-electron chi connectivity index (χ3n) is 6.79. The van der Waals surface area contributed by atoms with Crippen LogP contribution >= 0.6 is 0 Å². The van der Waals surface area contributed by atoms with Gasteiger partial charge in [0.15, 0.2) is 0 Å². The van der Waals surface area contributed by atoms with E-state index < -0.39 is 0 Å². The number of fused-ring (bicyclic) bond motifs is 1. The number of hydrogen-bond donors (Lipinski definition) is 0. The van der Waals surface area contributed by atoms with Gasteiger partial charge in [-0.3, -0.25) is 4.90 Å². The average molecular weight is 351 g/mol. The Morgan fingerprint density at radius 3 is 2.77 bits per heavy atom. The average Bonchev–Trinajstić information content (AvgIpc) is 2.98. The third kappa shape index (κ3) is 4.13. The number of rotatable bonds is 5. The largest absolute Gasteiger partial charge is 0.301 e. The molecule has 2 saturated heterocycles. The van der Waals surface area contributed by atoms with Crippen LogP contribution in [-0.4, -0.2) is 48.1 Å². The molecule has 0 amide bonds. The lowest BCUT2D eigenvalue weighted by atomic mass is 9.94. The summed E-state index contributed by atoms with van der Waals surface area (Å²) in [5.41, 5.74) is 3.03. The van der Waals surface area contributed by atoms with E-state index >= 15 is 0 Å². The molecule has 2 heterocycles. The van der Waals surface area contributed by atoms with Gasteiger partial charge < -0.3 is 4.90 Å². The van der Waals surface area contributed by atoms with Gasteiger partial charge in [-0.15, -0.1) is 0 Å². The van der Waals surface area contributed by atoms with Crippen molar-refractivity contribution in [1.82, 2.24) is 9.80 Å². The van der Waals surface area contributed by atoms with Crippen LogP contribution in [0.3, 0.4) is 0 Å². The van der Waals surface area contributed by atoms with Crippen LogP contribution in [0.1, 0.15) is 44.6 Å². The van der Waals surface area contributed by atoms with E-state index in [0.29, 0.717) is 6.04 Å². The van der Waals surface area contributed by atoms with Gasteiger partial charge in [0.2, 0.25) is 0 Å². The Hall–Kier alpha value is -1.38. The summed E-state index contributed by atoms with van der Waals surface area (Å²) in [7, 11) is 0. The lowest BCUT2D eigenvalue weighted by molar-refractivity contribution is 0.149. The van der Waals surface area contributed by atoms with Crippen molar-refractivity contribution in [1.29, 1.82) is 0 Å². The quantitative estimate of drug-likeness (QED) is 0.761. The molecule has 1 aromatic carbocycles. The Balaban J connectivity index is 1.40. The van der Waals surface area contributed by atoms with Crippen molar-refractivity contribution >= 4 is 0 Å². The van der Waals surface area contributed by atoms with Crippen molar-refractivity contribution in [2.75, 3.05) is 26.2 Å². The first-order chi connectivity index (χ1) is 12.8. The molecule has 1 aliphatic carbocycles. The van der Waals surface area contributed by atoms with E-state index in [-0.39, 0.29) is 0 Å². The standard InChI is InChI=1S/C24H34N2/c1-20(22-11-6-3-7-12-22)26-18-15-23-13-8-16-25(19-24(23)26)17-14-21-9-4-2-5-10-21/h2,4-6,9-12,20,23-24H,3,7-8,13-19H2,1H3/t20-,23+,24+/m0/s1. The van der Waals surface area contributed by atoms with Crippen LogP contribution in [0.2, 0.25) is 0 Å². The number of hydrogen-bond acceptors (Lipinski definition) is 2. The number of likely N-dealkylation sites (tertiary alicyclic amines) is 2. The van der Waals surface area contributed by atoms with E-state index in [2.05, 4.69) is 65.3 Å². The fourth-order valence-corrected chi connectivity index (χ4v) is 5.22. The molecule has 0 unspecified atom stereocenters. The van der Waals surface area contributed by atoms with E-state index in [4.69, 9.17) is 0 Å². The van der Waals surface area contributed by atoms with Gasteiger partial charge in [-0.2, -0.15) is 0 Å². The fourth-order valence-electron chi connectivity index (χ4n) is 5.22. The molecule has 0 radical (unpaired) electrons. The van der Waals surface area contributed by atoms with E-state index in [0.717, 1.165) is 12.0 Å². The first-order valence-electron chi connectivity index (χ1n) is 10.7. The summed E-state index contributed by atoms with van der Waals surface area (Å²) < 4.78 is 0. The van der Waals surface area contributed by atoms with Gasteiger partial charge in [0.25, 0.3) is 0 Å². The Morgan fingerprint density at radius 2 is 1.96 bits per heavy atom. The van der Waals surface area contributed by atoms with Gasteiger partial charge in [0.05, 0.1) is 0 Å². The van der Waals surface area contributed by atoms with Crippen LogP contribution in [0.5, 0.6) is 0 Å². The maximum Gasteiger partial charge on any atom is 0.0320 e. The highest BCUT2D eigenvalue weighted by atomic mass is 15.3. The van der Waals surface area contributed by atoms with Crippen LogP contribution in [-0.2, 0) is 6.42 Å². The Morgan fingerprint density at radius 1 is 1.08 bits per heavy atom. The summed E-state index contributed by atoms with van der Waals surface area (Å²) in [6.45, 7) is 7.47. The molecule has 3 atom stereocenters. The smallest absolute Gasteiger partial charge is 0.0320 e. The van der Waals surface area contributed by atoms with Crippen molar-refractivity contribution in [3.63, 3.8) is 0 Å². The molecule has 0 bridgehead atoms. The summed E-state index contributed by atoms with van der Waals surface area (Å²) in [5, 5.41) is 0. The molecule has 2 heteroatoms. The first-order valence-corrected chi connectivity index (χ1v) is 10.7. The number of allylic oxidation sites excluding steroid dienone is 2. The molecular weight excluding hydrogens is 316 g/mol. The third-order valence-corrected chi connectivity index (χ3v) is 6.79. The lowest BCUT2D eigenvalue weighted by Gasteiger charge is -2.36. The van der Waals surface area contributed by atoms with Gasteiger partial charge in [0.1, 0.15) is 0 Å². The minimum absolute atomic E-state index is 0.579. The van der Waals surface area contributed by atoms with Crippen molar-refractivity contribution in [3.05, 3.63) is 59.7 Å². The molecule has 0 saturated carbocycles. The molecule has 0 aromatic heterocycles. The zero-order chi connectivity index (χ0) is 17.8. The summed E-state index contributed by atoms with van der Waals surface area (Å²) in [5.74, 6) is 0.910. The second-order valence-electron chi connectivity index (χ2n) is 8.39. The second-order valence-corrected chi connectivity index (χ2v) is 8.39. The van der Waals surface area contributed by atoms with Crippen molar-refractivity contribution in [2.45, 2.75) is 57.5 Å². The van der Waals surface area contributed by atoms with E-state index in [1.807, 2.05) is 0 Å². The minimum Gasteiger partial charge on any atom is -0.301 e. The normalized spacial score (nSPS) is 28.4. The molecule has 2 nitrogen and oxygen atoms in total. The SMILES string of the molecule is C[C@@H](C1=CCCC=C1)N1CC[C@H]2CCCN(CCc3ccccc3)C[C@H]21. The van der Waals surface area contributed by atoms with Gasteiger partial charge in [-0.05, 0) is 75.6 Å². The fraction of sp³-hybridized carbons (Fsp3) is 0.583. The number of nitrogens with zero attached hydrogens (tertiary/aromatic N) is 2. The molecule has 26 heavy (non-hydrogen) atoms. The molecule has 3 aliphatic rings. The van der Waals surface area contributed by atoms with Gasteiger partial charge in [-0.1, -0.05) is 48.6 Å². The van der Waals surface area contributed by atoms with E-state index in [1.165, 1.54) is 70.3 Å². The van der Waals surface area contributed by atoms with E-state index in [9.17, 15) is 0 Å². The molecule has 2 fully saturated rings. The second kappa shape index (κ2) is 8.54.